The van der Waals surface area contributed by atoms with E-state index in [4.69, 9.17) is 4.65 Å². The van der Waals surface area contributed by atoms with Crippen molar-refractivity contribution in [3.63, 3.8) is 0 Å². The molecule has 1 aromatic carbocycles. The van der Waals surface area contributed by atoms with Gasteiger partial charge in [-0.2, -0.15) is 0 Å². The van der Waals surface area contributed by atoms with Gasteiger partial charge in [0.1, 0.15) is 0 Å². The molecule has 2 rings (SSSR count). The van der Waals surface area contributed by atoms with Gasteiger partial charge in [-0.15, -0.1) is 0 Å². The molecule has 0 bridgehead atoms. The first-order valence-electron chi connectivity index (χ1n) is 3.65. The van der Waals surface area contributed by atoms with Gasteiger partial charge in [0.05, 0.1) is 6.61 Å². The lowest BCUT2D eigenvalue weighted by molar-refractivity contribution is 0.344. The maximum Gasteiger partial charge on any atom is 0.309 e. The second kappa shape index (κ2) is 2.99. The first kappa shape index (κ1) is 7.38. The fraction of sp³-hybridized carbons (Fsp3) is 0.250. The van der Waals surface area contributed by atoms with E-state index >= 15 is 0 Å². The van der Waals surface area contributed by atoms with E-state index in [1.807, 2.05) is 0 Å². The summed E-state index contributed by atoms with van der Waals surface area (Å²) >= 11 is 3.46. The normalized spacial score (nSPS) is 14.3. The van der Waals surface area contributed by atoms with E-state index < -0.39 is 0 Å². The van der Waals surface area contributed by atoms with Crippen molar-refractivity contribution >= 4 is 28.9 Å². The Labute approximate surface area is 75.2 Å². The Hall–Kier alpha value is -0.275. The van der Waals surface area contributed by atoms with Gasteiger partial charge in [0, 0.05) is 5.33 Å². The zero-order chi connectivity index (χ0) is 7.68. The molecule has 56 valence electrons. The first-order chi connectivity index (χ1) is 5.42. The molecule has 0 spiro atoms. The van der Waals surface area contributed by atoms with Gasteiger partial charge in [0.25, 0.3) is 0 Å². The molecule has 1 aromatic rings. The van der Waals surface area contributed by atoms with Gasteiger partial charge in [-0.3, -0.25) is 0 Å². The maximum absolute atomic E-state index is 5.34. The van der Waals surface area contributed by atoms with E-state index in [1.54, 1.807) is 0 Å². The Bertz CT molecular complexity index is 275. The van der Waals surface area contributed by atoms with Gasteiger partial charge < -0.3 is 4.65 Å². The van der Waals surface area contributed by atoms with Crippen LogP contribution in [0.2, 0.25) is 0 Å². The van der Waals surface area contributed by atoms with E-state index in [2.05, 4.69) is 34.1 Å². The van der Waals surface area contributed by atoms with Gasteiger partial charge in [-0.05, 0) is 16.6 Å². The van der Waals surface area contributed by atoms with Crippen molar-refractivity contribution in [2.45, 2.75) is 11.9 Å². The fourth-order valence-electron chi connectivity index (χ4n) is 1.40. The minimum Gasteiger partial charge on any atom is -0.430 e. The van der Waals surface area contributed by atoms with Crippen molar-refractivity contribution in [1.82, 2.24) is 0 Å². The Morgan fingerprint density at radius 2 is 2.45 bits per heavy atom. The van der Waals surface area contributed by atoms with Crippen molar-refractivity contribution in [2.75, 3.05) is 0 Å². The monoisotopic (exact) mass is 210 g/mol. The second-order valence-electron chi connectivity index (χ2n) is 2.68. The summed E-state index contributed by atoms with van der Waals surface area (Å²) in [6.45, 7) is 0.789. The number of benzene rings is 1. The highest BCUT2D eigenvalue weighted by molar-refractivity contribution is 9.08. The van der Waals surface area contributed by atoms with Gasteiger partial charge in [-0.25, -0.2) is 0 Å². The first-order valence-corrected chi connectivity index (χ1v) is 4.77. The second-order valence-corrected chi connectivity index (χ2v) is 3.24. The van der Waals surface area contributed by atoms with E-state index in [1.165, 1.54) is 16.6 Å². The molecule has 0 saturated heterocycles. The molecule has 1 nitrogen and oxygen atoms in total. The van der Waals surface area contributed by atoms with Crippen LogP contribution >= 0.6 is 15.9 Å². The molecular weight excluding hydrogens is 203 g/mol. The Balaban J connectivity index is 2.50. The third kappa shape index (κ3) is 1.23. The molecule has 0 radical (unpaired) electrons. The molecule has 0 atom stereocenters. The fourth-order valence-corrected chi connectivity index (χ4v) is 1.92. The summed E-state index contributed by atoms with van der Waals surface area (Å²) < 4.78 is 5.34. The molecule has 0 aliphatic carbocycles. The third-order valence-electron chi connectivity index (χ3n) is 2.02. The number of rotatable bonds is 1. The minimum absolute atomic E-state index is 0.788. The summed E-state index contributed by atoms with van der Waals surface area (Å²) in [7, 11) is 0.788. The molecule has 3 heteroatoms. The van der Waals surface area contributed by atoms with E-state index in [9.17, 15) is 0 Å². The molecular formula is C8H8BBrO. The van der Waals surface area contributed by atoms with Crippen LogP contribution in [0.5, 0.6) is 0 Å². The summed E-state index contributed by atoms with van der Waals surface area (Å²) in [5.41, 5.74) is 4.09. The van der Waals surface area contributed by atoms with Crippen LogP contribution in [0, 0.1) is 0 Å². The topological polar surface area (TPSA) is 9.23 Å². The van der Waals surface area contributed by atoms with Crippen LogP contribution in [0.25, 0.3) is 0 Å². The van der Waals surface area contributed by atoms with Crippen LogP contribution in [-0.4, -0.2) is 7.48 Å². The Morgan fingerprint density at radius 3 is 3.27 bits per heavy atom. The van der Waals surface area contributed by atoms with E-state index in [0.717, 1.165) is 19.4 Å². The zero-order valence-electron chi connectivity index (χ0n) is 6.14. The lowest BCUT2D eigenvalue weighted by atomic mass is 9.86. The number of alkyl halides is 1. The molecule has 11 heavy (non-hydrogen) atoms. The van der Waals surface area contributed by atoms with Crippen LogP contribution in [0.15, 0.2) is 18.2 Å². The highest BCUT2D eigenvalue weighted by Gasteiger charge is 2.14. The predicted molar refractivity (Wildman–Crippen MR) is 50.6 cm³/mol. The summed E-state index contributed by atoms with van der Waals surface area (Å²) in [6, 6.07) is 6.36. The van der Waals surface area contributed by atoms with Crippen molar-refractivity contribution in [2.24, 2.45) is 0 Å². The van der Waals surface area contributed by atoms with Gasteiger partial charge in [-0.1, -0.05) is 34.1 Å². The van der Waals surface area contributed by atoms with Crippen molar-refractivity contribution in [3.05, 3.63) is 29.3 Å². The van der Waals surface area contributed by atoms with Crippen LogP contribution < -0.4 is 5.46 Å². The van der Waals surface area contributed by atoms with E-state index in [-0.39, 0.29) is 0 Å². The highest BCUT2D eigenvalue weighted by Crippen LogP contribution is 2.14. The lowest BCUT2D eigenvalue weighted by Gasteiger charge is -2.02. The minimum atomic E-state index is 0.788. The summed E-state index contributed by atoms with van der Waals surface area (Å²) in [5.74, 6) is 0. The van der Waals surface area contributed by atoms with Gasteiger partial charge in [0.15, 0.2) is 0 Å². The molecule has 0 saturated carbocycles. The standard InChI is InChI=1S/C8H8BBrO/c10-4-6-2-1-3-8-7(6)5-11-9-8/h1-3,9H,4-5H2. The predicted octanol–water partition coefficient (Wildman–Crippen LogP) is 1.09. The summed E-state index contributed by atoms with van der Waals surface area (Å²) in [5, 5.41) is 0.930. The smallest absolute Gasteiger partial charge is 0.309 e. The van der Waals surface area contributed by atoms with Crippen molar-refractivity contribution < 1.29 is 4.65 Å². The van der Waals surface area contributed by atoms with Crippen LogP contribution in [0.3, 0.4) is 0 Å². The summed E-state index contributed by atoms with van der Waals surface area (Å²) in [4.78, 5) is 0. The third-order valence-corrected chi connectivity index (χ3v) is 2.62. The highest BCUT2D eigenvalue weighted by atomic mass is 79.9. The SMILES string of the molecule is BrCc1cccc2c1COB2. The van der Waals surface area contributed by atoms with Crippen molar-refractivity contribution in [1.29, 1.82) is 0 Å². The zero-order valence-corrected chi connectivity index (χ0v) is 7.73. The van der Waals surface area contributed by atoms with Gasteiger partial charge >= 0.3 is 7.48 Å². The molecule has 0 N–H and O–H groups in total. The molecule has 0 aromatic heterocycles. The molecule has 0 amide bonds. The quantitative estimate of drug-likeness (QED) is 0.498. The molecule has 1 aliphatic rings. The van der Waals surface area contributed by atoms with Gasteiger partial charge in [0.2, 0.25) is 0 Å². The average Bonchev–Trinajstić information content (AvgIpc) is 2.50. The molecule has 1 heterocycles. The summed E-state index contributed by atoms with van der Waals surface area (Å²) in [6.07, 6.45) is 0. The molecule has 0 unspecified atom stereocenters. The number of fused-ring (bicyclic) bond motifs is 1. The van der Waals surface area contributed by atoms with E-state index in [0.29, 0.717) is 0 Å². The number of halogens is 1. The number of hydrogen-bond donors (Lipinski definition) is 0. The molecule has 0 fully saturated rings. The van der Waals surface area contributed by atoms with Crippen LogP contribution in [-0.2, 0) is 16.6 Å². The van der Waals surface area contributed by atoms with Crippen LogP contribution in [0.1, 0.15) is 11.1 Å². The Kier molecular flexibility index (Phi) is 2.01. The van der Waals surface area contributed by atoms with Crippen molar-refractivity contribution in [3.8, 4) is 0 Å². The molecule has 1 aliphatic heterocycles. The Morgan fingerprint density at radius 1 is 1.55 bits per heavy atom. The largest absolute Gasteiger partial charge is 0.430 e. The lowest BCUT2D eigenvalue weighted by Crippen LogP contribution is -2.11. The maximum atomic E-state index is 5.34. The average molecular weight is 211 g/mol. The van der Waals surface area contributed by atoms with Crippen LogP contribution in [0.4, 0.5) is 0 Å². The number of hydrogen-bond acceptors (Lipinski definition) is 1.